The summed E-state index contributed by atoms with van der Waals surface area (Å²) >= 11 is 0. The Hall–Kier alpha value is -2.45. The summed E-state index contributed by atoms with van der Waals surface area (Å²) < 4.78 is 32.9. The van der Waals surface area contributed by atoms with Crippen LogP contribution in [0.25, 0.3) is 0 Å². The minimum absolute atomic E-state index is 0.0665. The Kier molecular flexibility index (Phi) is 4.85. The van der Waals surface area contributed by atoms with Gasteiger partial charge in [0, 0.05) is 12.1 Å². The summed E-state index contributed by atoms with van der Waals surface area (Å²) in [7, 11) is 1.69. The molecule has 0 spiro atoms. The van der Waals surface area contributed by atoms with Gasteiger partial charge in [0.25, 0.3) is 0 Å². The Labute approximate surface area is 121 Å². The van der Waals surface area contributed by atoms with Crippen LogP contribution >= 0.6 is 0 Å². The molecule has 0 radical (unpaired) electrons. The van der Waals surface area contributed by atoms with Crippen LogP contribution in [0.2, 0.25) is 0 Å². The lowest BCUT2D eigenvalue weighted by atomic mass is 10.1. The van der Waals surface area contributed by atoms with Crippen molar-refractivity contribution in [3.05, 3.63) is 64.7 Å². The first-order valence-electron chi connectivity index (χ1n) is 6.39. The van der Waals surface area contributed by atoms with Crippen LogP contribution in [-0.4, -0.2) is 7.05 Å². The number of benzene rings is 2. The van der Waals surface area contributed by atoms with Gasteiger partial charge in [-0.2, -0.15) is 5.26 Å². The molecule has 3 nitrogen and oxygen atoms in total. The van der Waals surface area contributed by atoms with E-state index in [1.165, 1.54) is 12.1 Å². The molecule has 108 valence electrons. The first-order valence-corrected chi connectivity index (χ1v) is 6.39. The molecule has 0 amide bonds. The molecule has 0 atom stereocenters. The summed E-state index contributed by atoms with van der Waals surface area (Å²) in [5.41, 5.74) is 1.50. The van der Waals surface area contributed by atoms with Crippen molar-refractivity contribution in [3.63, 3.8) is 0 Å². The van der Waals surface area contributed by atoms with Crippen molar-refractivity contribution in [1.82, 2.24) is 5.32 Å². The molecule has 2 aromatic carbocycles. The molecule has 0 bridgehead atoms. The molecule has 2 aromatic rings. The maximum Gasteiger partial charge on any atom is 0.191 e. The van der Waals surface area contributed by atoms with Crippen molar-refractivity contribution in [1.29, 1.82) is 5.26 Å². The number of nitrogens with one attached hydrogen (secondary N) is 1. The smallest absolute Gasteiger partial charge is 0.191 e. The largest absolute Gasteiger partial charge is 0.483 e. The van der Waals surface area contributed by atoms with Crippen LogP contribution in [0.4, 0.5) is 8.78 Å². The lowest BCUT2D eigenvalue weighted by Gasteiger charge is -2.11. The highest BCUT2D eigenvalue weighted by Gasteiger charge is 2.13. The summed E-state index contributed by atoms with van der Waals surface area (Å²) in [5.74, 6) is -1.94. The van der Waals surface area contributed by atoms with Gasteiger partial charge in [-0.25, -0.2) is 8.78 Å². The zero-order chi connectivity index (χ0) is 15.2. The molecule has 0 saturated heterocycles. The van der Waals surface area contributed by atoms with Gasteiger partial charge in [0.15, 0.2) is 17.4 Å². The first kappa shape index (κ1) is 14.9. The Bertz CT molecular complexity index is 657. The molecule has 1 N–H and O–H groups in total. The predicted octanol–water partition coefficient (Wildman–Crippen LogP) is 3.13. The SMILES string of the molecule is CNCc1cc(F)c(OCc2ccccc2C#N)c(F)c1. The summed E-state index contributed by atoms with van der Waals surface area (Å²) in [5, 5.41) is 11.8. The van der Waals surface area contributed by atoms with Gasteiger partial charge in [-0.1, -0.05) is 18.2 Å². The Morgan fingerprint density at radius 1 is 1.19 bits per heavy atom. The van der Waals surface area contributed by atoms with Crippen LogP contribution in [0, 0.1) is 23.0 Å². The normalized spacial score (nSPS) is 10.2. The van der Waals surface area contributed by atoms with Crippen molar-refractivity contribution in [2.45, 2.75) is 13.2 Å². The van der Waals surface area contributed by atoms with Crippen molar-refractivity contribution in [2.75, 3.05) is 7.05 Å². The standard InChI is InChI=1S/C16H14F2N2O/c1-20-9-11-6-14(17)16(15(18)7-11)21-10-13-5-3-2-4-12(13)8-19/h2-7,20H,9-10H2,1H3. The molecule has 5 heteroatoms. The molecule has 0 aliphatic rings. The topological polar surface area (TPSA) is 45.0 Å². The lowest BCUT2D eigenvalue weighted by Crippen LogP contribution is -2.07. The van der Waals surface area contributed by atoms with Gasteiger partial charge in [0.05, 0.1) is 11.6 Å². The number of nitriles is 1. The Morgan fingerprint density at radius 3 is 2.48 bits per heavy atom. The zero-order valence-electron chi connectivity index (χ0n) is 11.5. The molecule has 0 aromatic heterocycles. The van der Waals surface area contributed by atoms with Crippen LogP contribution in [0.5, 0.6) is 5.75 Å². The Morgan fingerprint density at radius 2 is 1.86 bits per heavy atom. The van der Waals surface area contributed by atoms with Crippen LogP contribution < -0.4 is 10.1 Å². The molecule has 0 fully saturated rings. The number of rotatable bonds is 5. The molecular weight excluding hydrogens is 274 g/mol. The third kappa shape index (κ3) is 3.56. The van der Waals surface area contributed by atoms with Gasteiger partial charge in [0.1, 0.15) is 6.61 Å². The number of nitrogens with zero attached hydrogens (tertiary/aromatic N) is 1. The molecule has 21 heavy (non-hydrogen) atoms. The summed E-state index contributed by atoms with van der Waals surface area (Å²) in [4.78, 5) is 0. The fourth-order valence-electron chi connectivity index (χ4n) is 1.96. The summed E-state index contributed by atoms with van der Waals surface area (Å²) in [6, 6.07) is 11.2. The maximum atomic E-state index is 13.9. The highest BCUT2D eigenvalue weighted by molar-refractivity contribution is 5.38. The second kappa shape index (κ2) is 6.82. The number of hydrogen-bond donors (Lipinski definition) is 1. The third-order valence-electron chi connectivity index (χ3n) is 2.95. The molecule has 0 aliphatic carbocycles. The monoisotopic (exact) mass is 288 g/mol. The van der Waals surface area contributed by atoms with E-state index in [0.717, 1.165) is 0 Å². The van der Waals surface area contributed by atoms with Crippen molar-refractivity contribution >= 4 is 0 Å². The van der Waals surface area contributed by atoms with Gasteiger partial charge in [-0.3, -0.25) is 0 Å². The van der Waals surface area contributed by atoms with Crippen LogP contribution in [0.3, 0.4) is 0 Å². The zero-order valence-corrected chi connectivity index (χ0v) is 11.5. The van der Waals surface area contributed by atoms with E-state index in [0.29, 0.717) is 23.2 Å². The lowest BCUT2D eigenvalue weighted by molar-refractivity contribution is 0.273. The fraction of sp³-hybridized carbons (Fsp3) is 0.188. The Balaban J connectivity index is 2.19. The van der Waals surface area contributed by atoms with E-state index in [1.54, 1.807) is 31.3 Å². The minimum atomic E-state index is -0.755. The summed E-state index contributed by atoms with van der Waals surface area (Å²) in [6.07, 6.45) is 0. The second-order valence-electron chi connectivity index (χ2n) is 4.48. The highest BCUT2D eigenvalue weighted by atomic mass is 19.1. The number of hydrogen-bond acceptors (Lipinski definition) is 3. The van der Waals surface area contributed by atoms with Crippen molar-refractivity contribution in [2.24, 2.45) is 0 Å². The molecule has 0 heterocycles. The van der Waals surface area contributed by atoms with Gasteiger partial charge >= 0.3 is 0 Å². The van der Waals surface area contributed by atoms with Crippen LogP contribution in [0.1, 0.15) is 16.7 Å². The van der Waals surface area contributed by atoms with E-state index in [2.05, 4.69) is 5.32 Å². The van der Waals surface area contributed by atoms with Gasteiger partial charge in [-0.05, 0) is 30.8 Å². The van der Waals surface area contributed by atoms with Gasteiger partial charge in [0.2, 0.25) is 0 Å². The number of ether oxygens (including phenoxy) is 1. The van der Waals surface area contributed by atoms with Crippen molar-refractivity contribution < 1.29 is 13.5 Å². The van der Waals surface area contributed by atoms with E-state index >= 15 is 0 Å². The van der Waals surface area contributed by atoms with E-state index in [1.807, 2.05) is 6.07 Å². The number of halogens is 2. The van der Waals surface area contributed by atoms with Crippen LogP contribution in [0.15, 0.2) is 36.4 Å². The molecular formula is C16H14F2N2O. The maximum absolute atomic E-state index is 13.9. The van der Waals surface area contributed by atoms with Gasteiger partial charge in [-0.15, -0.1) is 0 Å². The average molecular weight is 288 g/mol. The van der Waals surface area contributed by atoms with Gasteiger partial charge < -0.3 is 10.1 Å². The molecule has 0 unspecified atom stereocenters. The minimum Gasteiger partial charge on any atom is -0.483 e. The first-order chi connectivity index (χ1) is 10.2. The van der Waals surface area contributed by atoms with E-state index < -0.39 is 17.4 Å². The van der Waals surface area contributed by atoms with E-state index in [4.69, 9.17) is 10.00 Å². The van der Waals surface area contributed by atoms with E-state index in [-0.39, 0.29) is 6.61 Å². The molecule has 0 aliphatic heterocycles. The third-order valence-corrected chi connectivity index (χ3v) is 2.95. The van der Waals surface area contributed by atoms with Crippen molar-refractivity contribution in [3.8, 4) is 11.8 Å². The fourth-order valence-corrected chi connectivity index (χ4v) is 1.96. The quantitative estimate of drug-likeness (QED) is 0.919. The predicted molar refractivity (Wildman–Crippen MR) is 74.6 cm³/mol. The van der Waals surface area contributed by atoms with Crippen LogP contribution in [-0.2, 0) is 13.2 Å². The second-order valence-corrected chi connectivity index (χ2v) is 4.48. The van der Waals surface area contributed by atoms with E-state index in [9.17, 15) is 8.78 Å². The average Bonchev–Trinajstić information content (AvgIpc) is 2.47. The molecule has 2 rings (SSSR count). The highest BCUT2D eigenvalue weighted by Crippen LogP contribution is 2.24. The summed E-state index contributed by atoms with van der Waals surface area (Å²) in [6.45, 7) is 0.300. The molecule has 0 saturated carbocycles.